The second kappa shape index (κ2) is 7.93. The van der Waals surface area contributed by atoms with Crippen LogP contribution in [0.2, 0.25) is 5.02 Å². The number of nitrogens with one attached hydrogen (secondary N) is 1. The summed E-state index contributed by atoms with van der Waals surface area (Å²) < 4.78 is 12.1. The number of aromatic amines is 1. The molecule has 3 aromatic rings. The Morgan fingerprint density at radius 2 is 1.85 bits per heavy atom. The molecule has 26 heavy (non-hydrogen) atoms. The standard InChI is InChI=1S/C19H18ClN3O3/c1-3-26-18-17(12-21-14-6-10-16(25-2)11-7-14)19(24)23(22-18)15-8-4-13(20)5-9-15/h4-12,22H,3H2,1-2H3. The molecule has 134 valence electrons. The molecule has 0 amide bonds. The van der Waals surface area contributed by atoms with Crippen LogP contribution >= 0.6 is 11.6 Å². The lowest BCUT2D eigenvalue weighted by molar-refractivity contribution is 0.324. The lowest BCUT2D eigenvalue weighted by Crippen LogP contribution is -2.17. The number of ether oxygens (including phenoxy) is 2. The average molecular weight is 372 g/mol. The zero-order valence-corrected chi connectivity index (χ0v) is 15.2. The van der Waals surface area contributed by atoms with Crippen LogP contribution in [-0.4, -0.2) is 29.7 Å². The number of aliphatic imine (C=N–C) groups is 1. The van der Waals surface area contributed by atoms with Gasteiger partial charge in [-0.05, 0) is 55.5 Å². The lowest BCUT2D eigenvalue weighted by Gasteiger charge is -2.02. The third kappa shape index (κ3) is 3.81. The summed E-state index contributed by atoms with van der Waals surface area (Å²) in [7, 11) is 1.60. The van der Waals surface area contributed by atoms with E-state index >= 15 is 0 Å². The first-order valence-electron chi connectivity index (χ1n) is 8.04. The number of benzene rings is 2. The van der Waals surface area contributed by atoms with Gasteiger partial charge >= 0.3 is 0 Å². The second-order valence-electron chi connectivity index (χ2n) is 5.36. The van der Waals surface area contributed by atoms with Crippen LogP contribution in [-0.2, 0) is 0 Å². The molecule has 0 aliphatic heterocycles. The fourth-order valence-electron chi connectivity index (χ4n) is 2.38. The van der Waals surface area contributed by atoms with E-state index in [0.29, 0.717) is 34.4 Å². The van der Waals surface area contributed by atoms with Gasteiger partial charge in [0.15, 0.2) is 0 Å². The number of nitrogens with zero attached hydrogens (tertiary/aromatic N) is 2. The number of hydrogen-bond acceptors (Lipinski definition) is 4. The number of hydrogen-bond donors (Lipinski definition) is 1. The maximum atomic E-state index is 12.8. The third-order valence-corrected chi connectivity index (χ3v) is 3.93. The molecule has 0 saturated carbocycles. The smallest absolute Gasteiger partial charge is 0.284 e. The van der Waals surface area contributed by atoms with Gasteiger partial charge in [0.25, 0.3) is 5.56 Å². The van der Waals surface area contributed by atoms with E-state index in [1.165, 1.54) is 10.9 Å². The minimum Gasteiger partial charge on any atom is -0.497 e. The lowest BCUT2D eigenvalue weighted by atomic mass is 10.3. The predicted octanol–water partition coefficient (Wildman–Crippen LogP) is 3.98. The molecule has 0 bridgehead atoms. The minimum absolute atomic E-state index is 0.256. The monoisotopic (exact) mass is 371 g/mol. The Morgan fingerprint density at radius 3 is 2.46 bits per heavy atom. The Bertz CT molecular complexity index is 957. The van der Waals surface area contributed by atoms with Gasteiger partial charge in [-0.2, -0.15) is 0 Å². The Balaban J connectivity index is 1.98. The summed E-state index contributed by atoms with van der Waals surface area (Å²) in [5.41, 5.74) is 1.45. The first kappa shape index (κ1) is 17.8. The molecule has 0 radical (unpaired) electrons. The molecule has 0 fully saturated rings. The molecule has 0 aliphatic rings. The number of halogens is 1. The van der Waals surface area contributed by atoms with Gasteiger partial charge in [-0.1, -0.05) is 11.6 Å². The van der Waals surface area contributed by atoms with Crippen LogP contribution in [0.25, 0.3) is 5.69 Å². The number of H-pyrrole nitrogens is 1. The highest BCUT2D eigenvalue weighted by Gasteiger charge is 2.15. The van der Waals surface area contributed by atoms with Crippen molar-refractivity contribution in [3.8, 4) is 17.3 Å². The SMILES string of the molecule is CCOc1[nH]n(-c2ccc(Cl)cc2)c(=O)c1C=Nc1ccc(OC)cc1. The summed E-state index contributed by atoms with van der Waals surface area (Å²) in [6, 6.07) is 14.2. The van der Waals surface area contributed by atoms with E-state index < -0.39 is 0 Å². The molecule has 7 heteroatoms. The molecule has 1 N–H and O–H groups in total. The van der Waals surface area contributed by atoms with Gasteiger partial charge in [0.2, 0.25) is 5.88 Å². The Hall–Kier alpha value is -2.99. The predicted molar refractivity (Wildman–Crippen MR) is 103 cm³/mol. The largest absolute Gasteiger partial charge is 0.497 e. The van der Waals surface area contributed by atoms with Crippen molar-refractivity contribution in [3.63, 3.8) is 0 Å². The van der Waals surface area contributed by atoms with Crippen molar-refractivity contribution in [2.24, 2.45) is 4.99 Å². The second-order valence-corrected chi connectivity index (χ2v) is 5.80. The molecule has 0 atom stereocenters. The fraction of sp³-hybridized carbons (Fsp3) is 0.158. The number of rotatable bonds is 6. The molecule has 3 rings (SSSR count). The highest BCUT2D eigenvalue weighted by Crippen LogP contribution is 2.19. The van der Waals surface area contributed by atoms with Crippen molar-refractivity contribution in [1.82, 2.24) is 9.78 Å². The normalized spacial score (nSPS) is 11.0. The van der Waals surface area contributed by atoms with Gasteiger partial charge < -0.3 is 9.47 Å². The summed E-state index contributed by atoms with van der Waals surface area (Å²) in [6.07, 6.45) is 1.50. The van der Waals surface area contributed by atoms with Crippen LogP contribution < -0.4 is 15.0 Å². The van der Waals surface area contributed by atoms with E-state index in [0.717, 1.165) is 5.75 Å². The molecule has 2 aromatic carbocycles. The molecule has 0 aliphatic carbocycles. The van der Waals surface area contributed by atoms with E-state index in [1.807, 2.05) is 6.92 Å². The van der Waals surface area contributed by atoms with E-state index in [9.17, 15) is 4.79 Å². The Morgan fingerprint density at radius 1 is 1.15 bits per heavy atom. The summed E-state index contributed by atoms with van der Waals surface area (Å²) in [5, 5.41) is 3.57. The molecular weight excluding hydrogens is 354 g/mol. The van der Waals surface area contributed by atoms with Crippen LogP contribution in [0.15, 0.2) is 58.3 Å². The van der Waals surface area contributed by atoms with Crippen molar-refractivity contribution in [3.05, 3.63) is 69.5 Å². The van der Waals surface area contributed by atoms with E-state index in [2.05, 4.69) is 10.1 Å². The Labute approximate surface area is 155 Å². The third-order valence-electron chi connectivity index (χ3n) is 3.68. The van der Waals surface area contributed by atoms with Crippen LogP contribution in [0.4, 0.5) is 5.69 Å². The van der Waals surface area contributed by atoms with Crippen LogP contribution in [0, 0.1) is 0 Å². The molecule has 6 nitrogen and oxygen atoms in total. The summed E-state index contributed by atoms with van der Waals surface area (Å²) in [5.74, 6) is 1.11. The van der Waals surface area contributed by atoms with Gasteiger partial charge in [-0.25, -0.2) is 4.68 Å². The Kier molecular flexibility index (Phi) is 5.43. The topological polar surface area (TPSA) is 68.6 Å². The highest BCUT2D eigenvalue weighted by atomic mass is 35.5. The van der Waals surface area contributed by atoms with Crippen molar-refractivity contribution in [2.45, 2.75) is 6.92 Å². The maximum Gasteiger partial charge on any atom is 0.284 e. The van der Waals surface area contributed by atoms with Crippen molar-refractivity contribution >= 4 is 23.5 Å². The van der Waals surface area contributed by atoms with Gasteiger partial charge in [0.05, 0.1) is 25.1 Å². The van der Waals surface area contributed by atoms with Gasteiger partial charge in [0, 0.05) is 11.2 Å². The van der Waals surface area contributed by atoms with Crippen LogP contribution in [0.1, 0.15) is 12.5 Å². The summed E-state index contributed by atoms with van der Waals surface area (Å²) in [6.45, 7) is 2.27. The van der Waals surface area contributed by atoms with Crippen molar-refractivity contribution in [2.75, 3.05) is 13.7 Å². The molecule has 0 spiro atoms. The summed E-state index contributed by atoms with van der Waals surface area (Å²) in [4.78, 5) is 17.1. The van der Waals surface area contributed by atoms with E-state index in [1.54, 1.807) is 55.6 Å². The number of aromatic nitrogens is 2. The van der Waals surface area contributed by atoms with Gasteiger partial charge in [-0.3, -0.25) is 14.9 Å². The average Bonchev–Trinajstić information content (AvgIpc) is 2.97. The first-order valence-corrected chi connectivity index (χ1v) is 8.42. The molecule has 1 aromatic heterocycles. The minimum atomic E-state index is -0.256. The highest BCUT2D eigenvalue weighted by molar-refractivity contribution is 6.30. The van der Waals surface area contributed by atoms with Crippen molar-refractivity contribution in [1.29, 1.82) is 0 Å². The van der Waals surface area contributed by atoms with Crippen LogP contribution in [0.3, 0.4) is 0 Å². The molecule has 1 heterocycles. The quantitative estimate of drug-likeness (QED) is 0.666. The molecular formula is C19H18ClN3O3. The fourth-order valence-corrected chi connectivity index (χ4v) is 2.50. The van der Waals surface area contributed by atoms with E-state index in [-0.39, 0.29) is 5.56 Å². The summed E-state index contributed by atoms with van der Waals surface area (Å²) >= 11 is 5.91. The zero-order valence-electron chi connectivity index (χ0n) is 14.4. The first-order chi connectivity index (χ1) is 12.6. The van der Waals surface area contributed by atoms with Crippen LogP contribution in [0.5, 0.6) is 11.6 Å². The molecule has 0 saturated heterocycles. The van der Waals surface area contributed by atoms with Crippen molar-refractivity contribution < 1.29 is 9.47 Å². The molecule has 0 unspecified atom stereocenters. The van der Waals surface area contributed by atoms with E-state index in [4.69, 9.17) is 21.1 Å². The van der Waals surface area contributed by atoms with Gasteiger partial charge in [0.1, 0.15) is 11.3 Å². The number of methoxy groups -OCH3 is 1. The van der Waals surface area contributed by atoms with Gasteiger partial charge in [-0.15, -0.1) is 0 Å². The maximum absolute atomic E-state index is 12.8. The zero-order chi connectivity index (χ0) is 18.5.